The van der Waals surface area contributed by atoms with E-state index in [0.717, 1.165) is 24.8 Å². The number of aromatic hydroxyl groups is 2. The lowest BCUT2D eigenvalue weighted by Gasteiger charge is -2.53. The van der Waals surface area contributed by atoms with Crippen molar-refractivity contribution < 1.29 is 39.2 Å². The van der Waals surface area contributed by atoms with Crippen molar-refractivity contribution in [2.24, 2.45) is 40.4 Å². The highest BCUT2D eigenvalue weighted by atomic mass is 16.5. The number of fused-ring (bicyclic) bond motifs is 3. The zero-order chi connectivity index (χ0) is 31.6. The maximum Gasteiger partial charge on any atom is 0.307 e. The molecular formula is C36H42O8. The number of phenols is 2. The van der Waals surface area contributed by atoms with Crippen LogP contribution in [0.25, 0.3) is 0 Å². The van der Waals surface area contributed by atoms with Crippen LogP contribution in [0.2, 0.25) is 0 Å². The van der Waals surface area contributed by atoms with Gasteiger partial charge in [-0.2, -0.15) is 0 Å². The van der Waals surface area contributed by atoms with Crippen LogP contribution >= 0.6 is 0 Å². The first-order valence-corrected chi connectivity index (χ1v) is 15.9. The van der Waals surface area contributed by atoms with Gasteiger partial charge in [0.15, 0.2) is 11.5 Å². The molecule has 6 rings (SSSR count). The molecule has 0 saturated heterocycles. The summed E-state index contributed by atoms with van der Waals surface area (Å²) in [4.78, 5) is 41.5. The Kier molecular flexibility index (Phi) is 7.53. The van der Waals surface area contributed by atoms with Gasteiger partial charge < -0.3 is 24.8 Å². The zero-order valence-electron chi connectivity index (χ0n) is 25.9. The summed E-state index contributed by atoms with van der Waals surface area (Å²) in [6.07, 6.45) is 11.6. The largest absolute Gasteiger partial charge is 0.508 e. The summed E-state index contributed by atoms with van der Waals surface area (Å²) in [5, 5.41) is 31.2. The first kappa shape index (κ1) is 30.2. The molecule has 2 unspecified atom stereocenters. The van der Waals surface area contributed by atoms with Gasteiger partial charge in [0.05, 0.1) is 12.5 Å². The van der Waals surface area contributed by atoms with Crippen molar-refractivity contribution in [2.75, 3.05) is 6.61 Å². The third-order valence-corrected chi connectivity index (χ3v) is 11.1. The number of aliphatic carboxylic acids is 1. The standard InChI is InChI=1S/C36H42O8/c1-5-43-30-18-31(39)36(32-13-10-23-28(38)15-20(37)16-29(23)44-32)26(33(30)40)11-8-19(2)27(36)17-24-21-7-6-14-35(3,4)25(21)12-9-22(24)34(41)42/h8,12-13,15-16,18,21-22,24,26-27,37-38H,5-7,9-11,14,17H2,1-4H3,(H,41,42)/t21?,22-,24?,26-,27-,36+/m0/s1. The quantitative estimate of drug-likeness (QED) is 0.318. The molecule has 1 aliphatic heterocycles. The van der Waals surface area contributed by atoms with Crippen LogP contribution in [-0.2, 0) is 25.5 Å². The molecule has 4 aliphatic carbocycles. The minimum atomic E-state index is -1.43. The molecule has 1 aromatic carbocycles. The van der Waals surface area contributed by atoms with E-state index < -0.39 is 29.1 Å². The van der Waals surface area contributed by atoms with Gasteiger partial charge in [-0.1, -0.05) is 43.6 Å². The summed E-state index contributed by atoms with van der Waals surface area (Å²) in [5.74, 6) is -3.21. The molecule has 0 amide bonds. The summed E-state index contributed by atoms with van der Waals surface area (Å²) in [6.45, 7) is 8.44. The molecule has 8 heteroatoms. The Morgan fingerprint density at radius 1 is 1.11 bits per heavy atom. The highest BCUT2D eigenvalue weighted by Gasteiger charge is 2.63. The van der Waals surface area contributed by atoms with Gasteiger partial charge in [-0.25, -0.2) is 0 Å². The molecule has 0 radical (unpaired) electrons. The van der Waals surface area contributed by atoms with E-state index in [4.69, 9.17) is 9.47 Å². The van der Waals surface area contributed by atoms with E-state index in [0.29, 0.717) is 30.6 Å². The number of carbonyl (C=O) groups excluding carboxylic acids is 2. The molecule has 1 fully saturated rings. The maximum atomic E-state index is 14.6. The minimum Gasteiger partial charge on any atom is -0.508 e. The highest BCUT2D eigenvalue weighted by Crippen LogP contribution is 2.60. The van der Waals surface area contributed by atoms with Crippen LogP contribution in [0.4, 0.5) is 0 Å². The van der Waals surface area contributed by atoms with E-state index >= 15 is 0 Å². The highest BCUT2D eigenvalue weighted by molar-refractivity contribution is 6.13. The Morgan fingerprint density at radius 2 is 1.89 bits per heavy atom. The Labute approximate surface area is 258 Å². The Morgan fingerprint density at radius 3 is 2.61 bits per heavy atom. The van der Waals surface area contributed by atoms with Gasteiger partial charge >= 0.3 is 5.97 Å². The Bertz CT molecular complexity index is 1540. The van der Waals surface area contributed by atoms with Gasteiger partial charge in [-0.05, 0) is 69.3 Å². The number of ketones is 2. The molecule has 3 N–H and O–H groups in total. The molecule has 44 heavy (non-hydrogen) atoms. The second-order valence-electron chi connectivity index (χ2n) is 13.8. The van der Waals surface area contributed by atoms with E-state index in [2.05, 4.69) is 19.9 Å². The Balaban J connectivity index is 1.51. The smallest absolute Gasteiger partial charge is 0.307 e. The van der Waals surface area contributed by atoms with E-state index in [9.17, 15) is 29.7 Å². The topological polar surface area (TPSA) is 130 Å². The molecule has 0 aromatic heterocycles. The summed E-state index contributed by atoms with van der Waals surface area (Å²) in [5.41, 5.74) is 1.27. The fourth-order valence-corrected chi connectivity index (χ4v) is 9.03. The lowest BCUT2D eigenvalue weighted by Crippen LogP contribution is -2.56. The van der Waals surface area contributed by atoms with Crippen LogP contribution in [0.15, 0.2) is 59.1 Å². The third-order valence-electron chi connectivity index (χ3n) is 11.1. The molecule has 1 saturated carbocycles. The predicted octanol–water partition coefficient (Wildman–Crippen LogP) is 6.42. The second-order valence-corrected chi connectivity index (χ2v) is 13.8. The lowest BCUT2D eigenvalue weighted by atomic mass is 9.50. The number of hydrogen-bond acceptors (Lipinski definition) is 7. The third kappa shape index (κ3) is 4.60. The molecular weight excluding hydrogens is 560 g/mol. The molecule has 6 atom stereocenters. The number of benzene rings is 1. The fraction of sp³-hybridized carbons (Fsp3) is 0.528. The summed E-state index contributed by atoms with van der Waals surface area (Å²) in [7, 11) is 0. The van der Waals surface area contributed by atoms with Gasteiger partial charge in [0.25, 0.3) is 0 Å². The Hall–Kier alpha value is -3.81. The van der Waals surface area contributed by atoms with Crippen molar-refractivity contribution >= 4 is 17.5 Å². The van der Waals surface area contributed by atoms with Crippen molar-refractivity contribution in [2.45, 2.75) is 72.6 Å². The molecule has 0 spiro atoms. The number of ether oxygens (including phenoxy) is 2. The summed E-state index contributed by atoms with van der Waals surface area (Å²) >= 11 is 0. The number of Topliss-reactive ketones (excluding diaryl/α,β-unsaturated/α-hetero) is 1. The van der Waals surface area contributed by atoms with Crippen LogP contribution in [0.3, 0.4) is 0 Å². The van der Waals surface area contributed by atoms with Gasteiger partial charge in [0, 0.05) is 42.0 Å². The van der Waals surface area contributed by atoms with E-state index in [1.807, 2.05) is 13.0 Å². The molecule has 5 aliphatic rings. The van der Waals surface area contributed by atoms with Gasteiger partial charge in [-0.15, -0.1) is 0 Å². The van der Waals surface area contributed by atoms with Crippen LogP contribution in [0, 0.1) is 40.4 Å². The van der Waals surface area contributed by atoms with Crippen molar-refractivity contribution in [3.8, 4) is 17.2 Å². The van der Waals surface area contributed by atoms with Crippen LogP contribution in [0.5, 0.6) is 17.2 Å². The average molecular weight is 603 g/mol. The van der Waals surface area contributed by atoms with E-state index in [1.165, 1.54) is 23.8 Å². The lowest BCUT2D eigenvalue weighted by molar-refractivity contribution is -0.147. The number of rotatable bonds is 6. The summed E-state index contributed by atoms with van der Waals surface area (Å²) in [6, 6.07) is 2.66. The van der Waals surface area contributed by atoms with Gasteiger partial charge in [-0.3, -0.25) is 14.4 Å². The number of carbonyl (C=O) groups is 3. The van der Waals surface area contributed by atoms with Crippen LogP contribution in [-0.4, -0.2) is 39.5 Å². The summed E-state index contributed by atoms with van der Waals surface area (Å²) < 4.78 is 12.1. The van der Waals surface area contributed by atoms with Crippen molar-refractivity contribution in [1.29, 1.82) is 0 Å². The first-order valence-electron chi connectivity index (χ1n) is 15.9. The average Bonchev–Trinajstić information content (AvgIpc) is 2.96. The number of carboxylic acid groups (broad SMARTS) is 1. The SMILES string of the molecule is CCOC1=CC(=O)[C@@]2(C3=CCc4c(O)cc(O)cc4O3)[C@@H](CC=C(C)[C@@H]2CC2C3CCCC(C)(C)C3=CC[C@@H]2C(=O)O)C1=O. The van der Waals surface area contributed by atoms with E-state index in [1.54, 1.807) is 13.0 Å². The van der Waals surface area contributed by atoms with Crippen LogP contribution < -0.4 is 4.74 Å². The second kappa shape index (κ2) is 11.0. The predicted molar refractivity (Wildman–Crippen MR) is 163 cm³/mol. The fourth-order valence-electron chi connectivity index (χ4n) is 9.03. The monoisotopic (exact) mass is 602 g/mol. The van der Waals surface area contributed by atoms with Gasteiger partial charge in [0.2, 0.25) is 5.78 Å². The maximum absolute atomic E-state index is 14.6. The van der Waals surface area contributed by atoms with Crippen LogP contribution in [0.1, 0.15) is 71.8 Å². The zero-order valence-corrected chi connectivity index (χ0v) is 25.9. The molecule has 8 nitrogen and oxygen atoms in total. The number of hydrogen-bond donors (Lipinski definition) is 3. The number of allylic oxidation sites excluding steroid dienone is 8. The van der Waals surface area contributed by atoms with Gasteiger partial charge in [0.1, 0.15) is 28.4 Å². The van der Waals surface area contributed by atoms with Crippen molar-refractivity contribution in [3.05, 3.63) is 64.7 Å². The minimum absolute atomic E-state index is 0.0310. The molecule has 1 aromatic rings. The number of carboxylic acids is 1. The molecule has 0 bridgehead atoms. The number of phenolic OH excluding ortho intramolecular Hbond substituents is 2. The van der Waals surface area contributed by atoms with Crippen molar-refractivity contribution in [1.82, 2.24) is 0 Å². The van der Waals surface area contributed by atoms with Crippen molar-refractivity contribution in [3.63, 3.8) is 0 Å². The van der Waals surface area contributed by atoms with E-state index in [-0.39, 0.29) is 64.9 Å². The normalized spacial score (nSPS) is 32.5. The molecule has 1 heterocycles. The first-order chi connectivity index (χ1) is 20.9. The molecule has 234 valence electrons.